The molecular formula is C30H33Cl2N3O5S. The Balaban J connectivity index is 1.71. The summed E-state index contributed by atoms with van der Waals surface area (Å²) in [6.07, 6.45) is 3.85. The zero-order valence-electron chi connectivity index (χ0n) is 22.9. The van der Waals surface area contributed by atoms with Crippen molar-refractivity contribution in [3.05, 3.63) is 88.4 Å². The summed E-state index contributed by atoms with van der Waals surface area (Å²) in [4.78, 5) is 28.8. The normalized spacial score (nSPS) is 14.3. The third-order valence-corrected chi connectivity index (χ3v) is 9.68. The first-order valence-electron chi connectivity index (χ1n) is 13.4. The van der Waals surface area contributed by atoms with Crippen molar-refractivity contribution in [2.24, 2.45) is 0 Å². The molecule has 1 fully saturated rings. The molecule has 1 atom stereocenters. The number of rotatable bonds is 11. The Kier molecular flexibility index (Phi) is 10.2. The fourth-order valence-electron chi connectivity index (χ4n) is 4.88. The molecule has 0 aromatic heterocycles. The van der Waals surface area contributed by atoms with E-state index >= 15 is 0 Å². The summed E-state index contributed by atoms with van der Waals surface area (Å²) in [6, 6.07) is 18.6. The molecular weight excluding hydrogens is 585 g/mol. The monoisotopic (exact) mass is 617 g/mol. The molecule has 218 valence electrons. The molecule has 0 spiro atoms. The number of para-hydroxylation sites is 2. The number of methoxy groups -OCH3 is 1. The van der Waals surface area contributed by atoms with Crippen LogP contribution in [0.25, 0.3) is 0 Å². The van der Waals surface area contributed by atoms with Gasteiger partial charge >= 0.3 is 0 Å². The summed E-state index contributed by atoms with van der Waals surface area (Å²) in [7, 11) is -2.77. The van der Waals surface area contributed by atoms with E-state index in [1.54, 1.807) is 67.6 Å². The van der Waals surface area contributed by atoms with Crippen LogP contribution in [0.15, 0.2) is 77.7 Å². The maximum Gasteiger partial charge on any atom is 0.264 e. The van der Waals surface area contributed by atoms with E-state index < -0.39 is 28.5 Å². The SMILES string of the molecule is COc1ccccc1N(CC(=O)N(Cc1ccc(Cl)c(Cl)c1)C(C)C(=O)NC1CCCC1)S(=O)(=O)c1ccccc1. The lowest BCUT2D eigenvalue weighted by Crippen LogP contribution is -2.52. The molecule has 8 nitrogen and oxygen atoms in total. The highest BCUT2D eigenvalue weighted by Crippen LogP contribution is 2.33. The number of benzene rings is 3. The van der Waals surface area contributed by atoms with Gasteiger partial charge in [-0.05, 0) is 61.7 Å². The molecule has 1 aliphatic carbocycles. The lowest BCUT2D eigenvalue weighted by molar-refractivity contribution is -0.139. The van der Waals surface area contributed by atoms with E-state index in [9.17, 15) is 18.0 Å². The van der Waals surface area contributed by atoms with Gasteiger partial charge in [-0.3, -0.25) is 13.9 Å². The van der Waals surface area contributed by atoms with E-state index in [0.717, 1.165) is 30.0 Å². The molecule has 0 radical (unpaired) electrons. The zero-order chi connectivity index (χ0) is 29.6. The smallest absolute Gasteiger partial charge is 0.264 e. The first-order valence-corrected chi connectivity index (χ1v) is 15.6. The largest absolute Gasteiger partial charge is 0.495 e. The number of halogens is 2. The van der Waals surface area contributed by atoms with Gasteiger partial charge in [0.05, 0.1) is 27.7 Å². The highest BCUT2D eigenvalue weighted by Gasteiger charge is 2.34. The van der Waals surface area contributed by atoms with Gasteiger partial charge in [0.2, 0.25) is 11.8 Å². The number of hydrogen-bond acceptors (Lipinski definition) is 5. The van der Waals surface area contributed by atoms with E-state index in [4.69, 9.17) is 27.9 Å². The van der Waals surface area contributed by atoms with Crippen molar-refractivity contribution in [2.45, 2.75) is 56.1 Å². The zero-order valence-corrected chi connectivity index (χ0v) is 25.3. The van der Waals surface area contributed by atoms with Gasteiger partial charge in [0, 0.05) is 12.6 Å². The molecule has 2 amide bonds. The van der Waals surface area contributed by atoms with Crippen molar-refractivity contribution >= 4 is 50.7 Å². The van der Waals surface area contributed by atoms with Gasteiger partial charge in [0.15, 0.2) is 0 Å². The number of anilines is 1. The number of amides is 2. The van der Waals surface area contributed by atoms with E-state index in [1.807, 2.05) is 0 Å². The molecule has 1 aliphatic rings. The average Bonchev–Trinajstić information content (AvgIpc) is 3.49. The molecule has 1 saturated carbocycles. The minimum Gasteiger partial charge on any atom is -0.495 e. The molecule has 4 rings (SSSR count). The van der Waals surface area contributed by atoms with Crippen LogP contribution in [-0.2, 0) is 26.2 Å². The first-order chi connectivity index (χ1) is 19.6. The van der Waals surface area contributed by atoms with Crippen molar-refractivity contribution in [2.75, 3.05) is 18.0 Å². The van der Waals surface area contributed by atoms with Gasteiger partial charge in [-0.15, -0.1) is 0 Å². The number of nitrogens with one attached hydrogen (secondary N) is 1. The maximum atomic E-state index is 14.1. The second-order valence-electron chi connectivity index (χ2n) is 9.93. The molecule has 1 unspecified atom stereocenters. The fourth-order valence-corrected chi connectivity index (χ4v) is 6.64. The van der Waals surface area contributed by atoms with Crippen LogP contribution in [-0.4, -0.2) is 50.9 Å². The van der Waals surface area contributed by atoms with Gasteiger partial charge in [-0.25, -0.2) is 8.42 Å². The summed E-state index contributed by atoms with van der Waals surface area (Å²) in [5.41, 5.74) is 0.841. The molecule has 11 heteroatoms. The average molecular weight is 619 g/mol. The molecule has 3 aromatic rings. The predicted octanol–water partition coefficient (Wildman–Crippen LogP) is 5.67. The summed E-state index contributed by atoms with van der Waals surface area (Å²) < 4.78 is 34.3. The third-order valence-electron chi connectivity index (χ3n) is 7.17. The number of carbonyl (C=O) groups excluding carboxylic acids is 2. The number of nitrogens with zero attached hydrogens (tertiary/aromatic N) is 2. The van der Waals surface area contributed by atoms with Crippen molar-refractivity contribution in [1.29, 1.82) is 0 Å². The van der Waals surface area contributed by atoms with Gasteiger partial charge in [0.1, 0.15) is 18.3 Å². The molecule has 0 heterocycles. The van der Waals surface area contributed by atoms with Crippen molar-refractivity contribution < 1.29 is 22.7 Å². The first kappa shape index (κ1) is 30.7. The molecule has 3 aromatic carbocycles. The third kappa shape index (κ3) is 7.33. The van der Waals surface area contributed by atoms with Crippen LogP contribution in [0.3, 0.4) is 0 Å². The van der Waals surface area contributed by atoms with Crippen LogP contribution in [0.5, 0.6) is 5.75 Å². The van der Waals surface area contributed by atoms with Crippen LogP contribution in [0.4, 0.5) is 5.69 Å². The van der Waals surface area contributed by atoms with Gasteiger partial charge in [0.25, 0.3) is 10.0 Å². The van der Waals surface area contributed by atoms with Crippen LogP contribution < -0.4 is 14.4 Å². The Morgan fingerprint density at radius 3 is 2.29 bits per heavy atom. The lowest BCUT2D eigenvalue weighted by Gasteiger charge is -2.33. The Hall–Kier alpha value is -3.27. The minimum absolute atomic E-state index is 0.0140. The van der Waals surface area contributed by atoms with Crippen LogP contribution in [0.2, 0.25) is 10.0 Å². The van der Waals surface area contributed by atoms with Crippen LogP contribution in [0, 0.1) is 0 Å². The summed E-state index contributed by atoms with van der Waals surface area (Å²) in [5, 5.41) is 3.71. The minimum atomic E-state index is -4.20. The van der Waals surface area contributed by atoms with E-state index in [1.165, 1.54) is 24.1 Å². The lowest BCUT2D eigenvalue weighted by atomic mass is 10.1. The highest BCUT2D eigenvalue weighted by atomic mass is 35.5. The Bertz CT molecular complexity index is 1480. The van der Waals surface area contributed by atoms with Gasteiger partial charge < -0.3 is 15.0 Å². The number of sulfonamides is 1. The quantitative estimate of drug-likeness (QED) is 0.299. The summed E-state index contributed by atoms with van der Waals surface area (Å²) in [5.74, 6) is -0.599. The maximum absolute atomic E-state index is 14.1. The van der Waals surface area contributed by atoms with E-state index in [0.29, 0.717) is 15.6 Å². The van der Waals surface area contributed by atoms with Crippen LogP contribution in [0.1, 0.15) is 38.2 Å². The topological polar surface area (TPSA) is 96.0 Å². The second-order valence-corrected chi connectivity index (χ2v) is 12.6. The molecule has 41 heavy (non-hydrogen) atoms. The van der Waals surface area contributed by atoms with E-state index in [2.05, 4.69) is 5.32 Å². The second kappa shape index (κ2) is 13.6. The summed E-state index contributed by atoms with van der Waals surface area (Å²) in [6.45, 7) is 1.08. The summed E-state index contributed by atoms with van der Waals surface area (Å²) >= 11 is 12.3. The molecule has 0 bridgehead atoms. The molecule has 1 N–H and O–H groups in total. The predicted molar refractivity (Wildman–Crippen MR) is 161 cm³/mol. The van der Waals surface area contributed by atoms with Crippen molar-refractivity contribution in [3.63, 3.8) is 0 Å². The Labute approximate surface area is 251 Å². The standard InChI is InChI=1S/C30H33Cl2N3O5S/c1-21(30(37)33-23-10-6-7-11-23)34(19-22-16-17-25(31)26(32)18-22)29(36)20-35(27-14-8-9-15-28(27)40-2)41(38,39)24-12-4-3-5-13-24/h3-5,8-9,12-18,21,23H,6-7,10-11,19-20H2,1-2H3,(H,33,37). The molecule has 0 saturated heterocycles. The van der Waals surface area contributed by atoms with Gasteiger partial charge in [-0.2, -0.15) is 0 Å². The van der Waals surface area contributed by atoms with Gasteiger partial charge in [-0.1, -0.05) is 72.4 Å². The Morgan fingerprint density at radius 2 is 1.63 bits per heavy atom. The van der Waals surface area contributed by atoms with Crippen LogP contribution >= 0.6 is 23.2 Å². The van der Waals surface area contributed by atoms with Crippen molar-refractivity contribution in [1.82, 2.24) is 10.2 Å². The Morgan fingerprint density at radius 1 is 0.976 bits per heavy atom. The molecule has 0 aliphatic heterocycles. The number of hydrogen-bond donors (Lipinski definition) is 1. The van der Waals surface area contributed by atoms with E-state index in [-0.39, 0.29) is 34.8 Å². The number of carbonyl (C=O) groups is 2. The number of ether oxygens (including phenoxy) is 1. The highest BCUT2D eigenvalue weighted by molar-refractivity contribution is 7.92. The van der Waals surface area contributed by atoms with Crippen molar-refractivity contribution in [3.8, 4) is 5.75 Å². The fraction of sp³-hybridized carbons (Fsp3) is 0.333.